The lowest BCUT2D eigenvalue weighted by atomic mass is 9.47. The van der Waals surface area contributed by atoms with Crippen LogP contribution in [0, 0.1) is 40.4 Å². The third kappa shape index (κ3) is 5.04. The molecule has 0 spiro atoms. The largest absolute Gasteiger partial charge is 0.462 e. The van der Waals surface area contributed by atoms with Crippen LogP contribution in [0.25, 0.3) is 0 Å². The van der Waals surface area contributed by atoms with Crippen LogP contribution in [0.1, 0.15) is 137 Å². The Morgan fingerprint density at radius 1 is 1.00 bits per heavy atom. The predicted octanol–water partition coefficient (Wildman–Crippen LogP) is 9.27. The minimum Gasteiger partial charge on any atom is -0.462 e. The van der Waals surface area contributed by atoms with Gasteiger partial charge >= 0.3 is 5.97 Å². The Morgan fingerprint density at radius 2 is 1.79 bits per heavy atom. The van der Waals surface area contributed by atoms with E-state index < -0.39 is 0 Å². The number of hydrogen-bond donors (Lipinski definition) is 0. The quantitative estimate of drug-likeness (QED) is 0.181. The molecule has 3 saturated carbocycles. The lowest BCUT2D eigenvalue weighted by molar-refractivity contribution is -0.151. The van der Waals surface area contributed by atoms with Crippen molar-refractivity contribution < 1.29 is 9.53 Å². The molecule has 4 aliphatic carbocycles. The first kappa shape index (κ1) is 26.3. The molecule has 4 aliphatic rings. The summed E-state index contributed by atoms with van der Waals surface area (Å²) < 4.78 is 5.92. The van der Waals surface area contributed by atoms with E-state index in [2.05, 4.69) is 40.7 Å². The van der Waals surface area contributed by atoms with Crippen LogP contribution >= 0.6 is 0 Å². The minimum absolute atomic E-state index is 0.0268. The molecule has 0 N–H and O–H groups in total. The van der Waals surface area contributed by atoms with Crippen molar-refractivity contribution in [3.63, 3.8) is 0 Å². The van der Waals surface area contributed by atoms with Gasteiger partial charge in [0.25, 0.3) is 0 Å². The molecular weight excluding hydrogens is 416 g/mol. The van der Waals surface area contributed by atoms with Gasteiger partial charge in [-0.2, -0.15) is 0 Å². The summed E-state index contributed by atoms with van der Waals surface area (Å²) in [5.74, 6) is 4.52. The third-order valence-electron chi connectivity index (χ3n) is 11.4. The molecule has 0 aromatic carbocycles. The Bertz CT molecular complexity index is 725. The van der Waals surface area contributed by atoms with Crippen LogP contribution in [0.2, 0.25) is 0 Å². The van der Waals surface area contributed by atoms with Crippen molar-refractivity contribution >= 4 is 5.97 Å². The minimum atomic E-state index is 0.0268. The Morgan fingerprint density at radius 3 is 2.56 bits per heavy atom. The summed E-state index contributed by atoms with van der Waals surface area (Å²) in [6.45, 7) is 12.3. The predicted molar refractivity (Wildman–Crippen MR) is 143 cm³/mol. The van der Waals surface area contributed by atoms with E-state index in [-0.39, 0.29) is 12.1 Å². The number of esters is 1. The second-order valence-electron chi connectivity index (χ2n) is 13.3. The zero-order valence-electron chi connectivity index (χ0n) is 23.2. The highest BCUT2D eigenvalue weighted by Crippen LogP contribution is 2.67. The van der Waals surface area contributed by atoms with Crippen LogP contribution in [-0.2, 0) is 9.53 Å². The van der Waals surface area contributed by atoms with E-state index in [1.807, 2.05) is 0 Å². The molecule has 4 rings (SSSR count). The molecular formula is C32H54O2. The number of fused-ring (bicyclic) bond motifs is 5. The molecule has 0 aromatic heterocycles. The van der Waals surface area contributed by atoms with Gasteiger partial charge in [0.1, 0.15) is 6.10 Å². The van der Waals surface area contributed by atoms with Gasteiger partial charge in [-0.05, 0) is 91.8 Å². The molecule has 0 aliphatic heterocycles. The molecule has 0 heterocycles. The van der Waals surface area contributed by atoms with Gasteiger partial charge in [0.15, 0.2) is 0 Å². The standard InChI is InChI=1S/C32H54O2/c1-6-8-10-11-12-23(3)27-16-17-28-26-15-14-24-22-25(34-30(33)13-9-7-2)18-20-31(24,4)29(26)19-21-32(27,28)5/h14,23,25-29H,6-13,15-22H2,1-5H3. The van der Waals surface area contributed by atoms with E-state index in [0.717, 1.165) is 55.3 Å². The fraction of sp³-hybridized carbons (Fsp3) is 0.906. The number of hydrogen-bond acceptors (Lipinski definition) is 2. The van der Waals surface area contributed by atoms with Crippen molar-refractivity contribution in [2.45, 2.75) is 143 Å². The number of carbonyl (C=O) groups excluding carboxylic acids is 1. The Kier molecular flexibility index (Phi) is 8.56. The summed E-state index contributed by atoms with van der Waals surface area (Å²) >= 11 is 0. The summed E-state index contributed by atoms with van der Waals surface area (Å²) in [4.78, 5) is 12.2. The van der Waals surface area contributed by atoms with E-state index in [1.165, 1.54) is 70.6 Å². The van der Waals surface area contributed by atoms with Crippen LogP contribution in [-0.4, -0.2) is 12.1 Å². The molecule has 8 unspecified atom stereocenters. The third-order valence-corrected chi connectivity index (χ3v) is 11.4. The zero-order valence-corrected chi connectivity index (χ0v) is 23.2. The van der Waals surface area contributed by atoms with E-state index in [1.54, 1.807) is 5.57 Å². The van der Waals surface area contributed by atoms with Crippen LogP contribution in [0.15, 0.2) is 11.6 Å². The highest BCUT2D eigenvalue weighted by Gasteiger charge is 2.59. The maximum Gasteiger partial charge on any atom is 0.306 e. The average Bonchev–Trinajstić information content (AvgIpc) is 3.18. The molecule has 3 fully saturated rings. The molecule has 34 heavy (non-hydrogen) atoms. The van der Waals surface area contributed by atoms with Crippen molar-refractivity contribution in [1.82, 2.24) is 0 Å². The molecule has 2 heteroatoms. The molecule has 0 aromatic rings. The Balaban J connectivity index is 1.40. The van der Waals surface area contributed by atoms with Crippen LogP contribution < -0.4 is 0 Å². The van der Waals surface area contributed by atoms with Gasteiger partial charge in [0, 0.05) is 12.8 Å². The van der Waals surface area contributed by atoms with Gasteiger partial charge in [0.2, 0.25) is 0 Å². The van der Waals surface area contributed by atoms with E-state index in [4.69, 9.17) is 4.74 Å². The fourth-order valence-electron chi connectivity index (χ4n) is 9.36. The maximum atomic E-state index is 12.2. The molecule has 194 valence electrons. The van der Waals surface area contributed by atoms with Crippen molar-refractivity contribution in [2.24, 2.45) is 40.4 Å². The first-order valence-electron chi connectivity index (χ1n) is 15.2. The SMILES string of the molecule is CCCCCCC(C)C1CCC2C3CC=C4CC(OC(=O)CCCC)CCC4(C)C3CCC12C. The van der Waals surface area contributed by atoms with E-state index in [0.29, 0.717) is 17.3 Å². The molecule has 8 atom stereocenters. The fourth-order valence-corrected chi connectivity index (χ4v) is 9.36. The lowest BCUT2D eigenvalue weighted by Gasteiger charge is -2.58. The number of ether oxygens (including phenoxy) is 1. The molecule has 0 saturated heterocycles. The molecule has 0 radical (unpaired) electrons. The number of carbonyl (C=O) groups is 1. The average molecular weight is 471 g/mol. The van der Waals surface area contributed by atoms with Crippen LogP contribution in [0.5, 0.6) is 0 Å². The number of unbranched alkanes of at least 4 members (excludes halogenated alkanes) is 4. The second-order valence-corrected chi connectivity index (χ2v) is 13.3. The zero-order chi connectivity index (χ0) is 24.3. The second kappa shape index (κ2) is 11.1. The van der Waals surface area contributed by atoms with Crippen LogP contribution in [0.4, 0.5) is 0 Å². The van der Waals surface area contributed by atoms with Gasteiger partial charge in [0.05, 0.1) is 0 Å². The number of allylic oxidation sites excluding steroid dienone is 1. The summed E-state index contributed by atoms with van der Waals surface area (Å²) in [7, 11) is 0. The summed E-state index contributed by atoms with van der Waals surface area (Å²) in [5.41, 5.74) is 2.55. The normalized spacial score (nSPS) is 40.0. The van der Waals surface area contributed by atoms with E-state index in [9.17, 15) is 4.79 Å². The Hall–Kier alpha value is -0.790. The van der Waals surface area contributed by atoms with Crippen molar-refractivity contribution in [2.75, 3.05) is 0 Å². The smallest absolute Gasteiger partial charge is 0.306 e. The topological polar surface area (TPSA) is 26.3 Å². The summed E-state index contributed by atoms with van der Waals surface area (Å²) in [6.07, 6.45) is 22.8. The van der Waals surface area contributed by atoms with Gasteiger partial charge in [-0.3, -0.25) is 4.79 Å². The van der Waals surface area contributed by atoms with Gasteiger partial charge in [-0.1, -0.05) is 84.8 Å². The van der Waals surface area contributed by atoms with Gasteiger partial charge in [-0.25, -0.2) is 0 Å². The van der Waals surface area contributed by atoms with Gasteiger partial charge in [-0.15, -0.1) is 0 Å². The highest BCUT2D eigenvalue weighted by atomic mass is 16.5. The number of rotatable bonds is 10. The first-order valence-corrected chi connectivity index (χ1v) is 15.2. The van der Waals surface area contributed by atoms with Crippen LogP contribution in [0.3, 0.4) is 0 Å². The van der Waals surface area contributed by atoms with Crippen molar-refractivity contribution in [3.8, 4) is 0 Å². The molecule has 2 nitrogen and oxygen atoms in total. The van der Waals surface area contributed by atoms with Crippen molar-refractivity contribution in [3.05, 3.63) is 11.6 Å². The summed E-state index contributed by atoms with van der Waals surface area (Å²) in [5, 5.41) is 0. The summed E-state index contributed by atoms with van der Waals surface area (Å²) in [6, 6.07) is 0. The van der Waals surface area contributed by atoms with E-state index >= 15 is 0 Å². The molecule has 0 amide bonds. The molecule has 0 bridgehead atoms. The maximum absolute atomic E-state index is 12.2. The van der Waals surface area contributed by atoms with Gasteiger partial charge < -0.3 is 4.74 Å². The monoisotopic (exact) mass is 470 g/mol. The Labute approximate surface area is 211 Å². The lowest BCUT2D eigenvalue weighted by Crippen LogP contribution is -2.51. The first-order chi connectivity index (χ1) is 16.3. The highest BCUT2D eigenvalue weighted by molar-refractivity contribution is 5.69. The van der Waals surface area contributed by atoms with Crippen molar-refractivity contribution in [1.29, 1.82) is 0 Å².